The molecule has 18 heavy (non-hydrogen) atoms. The van der Waals surface area contributed by atoms with Crippen LogP contribution in [0.4, 0.5) is 4.39 Å². The van der Waals surface area contributed by atoms with Crippen molar-refractivity contribution in [1.82, 2.24) is 0 Å². The largest absolute Gasteiger partial charge is 0.478 e. The van der Waals surface area contributed by atoms with E-state index in [9.17, 15) is 9.18 Å². The highest BCUT2D eigenvalue weighted by Gasteiger charge is 2.08. The Bertz CT molecular complexity index is 547. The SMILES string of the molecule is O=C(O)c1ccccc1CCc1ccc(F)cc1. The minimum atomic E-state index is -0.912. The van der Waals surface area contributed by atoms with E-state index in [2.05, 4.69) is 0 Å². The van der Waals surface area contributed by atoms with Crippen LogP contribution in [0.2, 0.25) is 0 Å². The molecule has 0 aliphatic heterocycles. The summed E-state index contributed by atoms with van der Waals surface area (Å²) in [5, 5.41) is 9.05. The maximum Gasteiger partial charge on any atom is 0.335 e. The van der Waals surface area contributed by atoms with Gasteiger partial charge in [-0.1, -0.05) is 30.3 Å². The standard InChI is InChI=1S/C15H13FO2/c16-13-9-6-11(7-10-13)5-8-12-3-1-2-4-14(12)15(17)18/h1-4,6-7,9-10H,5,8H2,(H,17,18). The molecule has 0 amide bonds. The number of carbonyl (C=O) groups is 1. The number of hydrogen-bond donors (Lipinski definition) is 1. The van der Waals surface area contributed by atoms with Crippen LogP contribution < -0.4 is 0 Å². The second kappa shape index (κ2) is 5.45. The first-order chi connectivity index (χ1) is 8.66. The zero-order chi connectivity index (χ0) is 13.0. The van der Waals surface area contributed by atoms with E-state index in [0.717, 1.165) is 11.1 Å². The summed E-state index contributed by atoms with van der Waals surface area (Å²) < 4.78 is 12.7. The maximum atomic E-state index is 12.7. The summed E-state index contributed by atoms with van der Waals surface area (Å²) in [5.41, 5.74) is 2.13. The van der Waals surface area contributed by atoms with E-state index >= 15 is 0 Å². The van der Waals surface area contributed by atoms with Gasteiger partial charge < -0.3 is 5.11 Å². The summed E-state index contributed by atoms with van der Waals surface area (Å²) >= 11 is 0. The minimum absolute atomic E-state index is 0.260. The quantitative estimate of drug-likeness (QED) is 0.895. The van der Waals surface area contributed by atoms with Crippen molar-refractivity contribution in [3.63, 3.8) is 0 Å². The number of rotatable bonds is 4. The van der Waals surface area contributed by atoms with Gasteiger partial charge in [0.2, 0.25) is 0 Å². The highest BCUT2D eigenvalue weighted by molar-refractivity contribution is 5.89. The van der Waals surface area contributed by atoms with Crippen LogP contribution in [0.1, 0.15) is 21.5 Å². The fourth-order valence-corrected chi connectivity index (χ4v) is 1.88. The van der Waals surface area contributed by atoms with Crippen LogP contribution in [0.5, 0.6) is 0 Å². The van der Waals surface area contributed by atoms with Crippen molar-refractivity contribution in [1.29, 1.82) is 0 Å². The fourth-order valence-electron chi connectivity index (χ4n) is 1.88. The third-order valence-electron chi connectivity index (χ3n) is 2.84. The van der Waals surface area contributed by atoms with Crippen LogP contribution in [0.15, 0.2) is 48.5 Å². The third kappa shape index (κ3) is 2.94. The molecule has 0 saturated carbocycles. The highest BCUT2D eigenvalue weighted by Crippen LogP contribution is 2.13. The van der Waals surface area contributed by atoms with Crippen molar-refractivity contribution in [2.45, 2.75) is 12.8 Å². The van der Waals surface area contributed by atoms with Crippen LogP contribution >= 0.6 is 0 Å². The molecular formula is C15H13FO2. The highest BCUT2D eigenvalue weighted by atomic mass is 19.1. The second-order valence-electron chi connectivity index (χ2n) is 4.09. The Kier molecular flexibility index (Phi) is 3.72. The molecule has 2 aromatic rings. The summed E-state index contributed by atoms with van der Waals surface area (Å²) in [6.45, 7) is 0. The van der Waals surface area contributed by atoms with E-state index in [0.29, 0.717) is 18.4 Å². The number of aryl methyl sites for hydroxylation is 2. The Hall–Kier alpha value is -2.16. The van der Waals surface area contributed by atoms with Gasteiger partial charge in [0.1, 0.15) is 5.82 Å². The summed E-state index contributed by atoms with van der Waals surface area (Å²) in [4.78, 5) is 11.0. The van der Waals surface area contributed by atoms with Gasteiger partial charge in [-0.2, -0.15) is 0 Å². The van der Waals surface area contributed by atoms with Gasteiger partial charge in [0.15, 0.2) is 0 Å². The third-order valence-corrected chi connectivity index (χ3v) is 2.84. The van der Waals surface area contributed by atoms with Crippen molar-refractivity contribution >= 4 is 5.97 Å². The molecule has 0 aliphatic carbocycles. The van der Waals surface area contributed by atoms with Crippen LogP contribution in [-0.4, -0.2) is 11.1 Å². The lowest BCUT2D eigenvalue weighted by atomic mass is 10.00. The van der Waals surface area contributed by atoms with Crippen LogP contribution in [-0.2, 0) is 12.8 Å². The Labute approximate surface area is 105 Å². The van der Waals surface area contributed by atoms with Gasteiger partial charge in [0.05, 0.1) is 5.56 Å². The van der Waals surface area contributed by atoms with Crippen LogP contribution in [0.3, 0.4) is 0 Å². The van der Waals surface area contributed by atoms with Gasteiger partial charge in [-0.15, -0.1) is 0 Å². The fraction of sp³-hybridized carbons (Fsp3) is 0.133. The topological polar surface area (TPSA) is 37.3 Å². The van der Waals surface area contributed by atoms with Gasteiger partial charge in [-0.05, 0) is 42.2 Å². The molecule has 2 aromatic carbocycles. The molecule has 0 bridgehead atoms. The average molecular weight is 244 g/mol. The molecule has 0 aliphatic rings. The van der Waals surface area contributed by atoms with Crippen molar-refractivity contribution < 1.29 is 14.3 Å². The lowest BCUT2D eigenvalue weighted by Crippen LogP contribution is -2.03. The first-order valence-electron chi connectivity index (χ1n) is 5.72. The molecule has 0 unspecified atom stereocenters. The molecule has 2 nitrogen and oxygen atoms in total. The number of hydrogen-bond acceptors (Lipinski definition) is 1. The van der Waals surface area contributed by atoms with Crippen molar-refractivity contribution in [3.05, 3.63) is 71.0 Å². The molecule has 92 valence electrons. The van der Waals surface area contributed by atoms with E-state index < -0.39 is 5.97 Å². The normalized spacial score (nSPS) is 10.3. The Morgan fingerprint density at radius 3 is 2.33 bits per heavy atom. The lowest BCUT2D eigenvalue weighted by molar-refractivity contribution is 0.0695. The molecule has 0 spiro atoms. The zero-order valence-corrected chi connectivity index (χ0v) is 9.77. The van der Waals surface area contributed by atoms with Gasteiger partial charge in [0, 0.05) is 0 Å². The lowest BCUT2D eigenvalue weighted by Gasteiger charge is -2.05. The molecule has 1 N–H and O–H groups in total. The predicted molar refractivity (Wildman–Crippen MR) is 67.2 cm³/mol. The number of carboxylic acids is 1. The first-order valence-corrected chi connectivity index (χ1v) is 5.72. The second-order valence-corrected chi connectivity index (χ2v) is 4.09. The monoisotopic (exact) mass is 244 g/mol. The van der Waals surface area contributed by atoms with E-state index in [1.54, 1.807) is 24.3 Å². The summed E-state index contributed by atoms with van der Waals surface area (Å²) in [6.07, 6.45) is 1.33. The van der Waals surface area contributed by atoms with Crippen LogP contribution in [0.25, 0.3) is 0 Å². The molecule has 3 heteroatoms. The Balaban J connectivity index is 2.10. The Morgan fingerprint density at radius 1 is 1.00 bits per heavy atom. The van der Waals surface area contributed by atoms with Gasteiger partial charge in [-0.3, -0.25) is 0 Å². The zero-order valence-electron chi connectivity index (χ0n) is 9.77. The minimum Gasteiger partial charge on any atom is -0.478 e. The molecule has 0 atom stereocenters. The number of carboxylic acid groups (broad SMARTS) is 1. The van der Waals surface area contributed by atoms with E-state index in [-0.39, 0.29) is 5.82 Å². The van der Waals surface area contributed by atoms with Crippen molar-refractivity contribution in [2.24, 2.45) is 0 Å². The summed E-state index contributed by atoms with van der Waals surface area (Å²) in [6, 6.07) is 13.2. The Morgan fingerprint density at radius 2 is 1.67 bits per heavy atom. The number of aromatic carboxylic acids is 1. The van der Waals surface area contributed by atoms with E-state index in [4.69, 9.17) is 5.11 Å². The van der Waals surface area contributed by atoms with Crippen molar-refractivity contribution in [2.75, 3.05) is 0 Å². The molecule has 0 aromatic heterocycles. The predicted octanol–water partition coefficient (Wildman–Crippen LogP) is 3.31. The molecule has 2 rings (SSSR count). The van der Waals surface area contributed by atoms with Crippen molar-refractivity contribution in [3.8, 4) is 0 Å². The van der Waals surface area contributed by atoms with E-state index in [1.165, 1.54) is 12.1 Å². The van der Waals surface area contributed by atoms with Gasteiger partial charge in [0.25, 0.3) is 0 Å². The number of benzene rings is 2. The first kappa shape index (κ1) is 12.3. The average Bonchev–Trinajstić information content (AvgIpc) is 2.38. The molecule has 0 saturated heterocycles. The summed E-state index contributed by atoms with van der Waals surface area (Å²) in [7, 11) is 0. The van der Waals surface area contributed by atoms with Gasteiger partial charge >= 0.3 is 5.97 Å². The van der Waals surface area contributed by atoms with Crippen LogP contribution in [0, 0.1) is 5.82 Å². The molecule has 0 heterocycles. The smallest absolute Gasteiger partial charge is 0.335 e. The van der Waals surface area contributed by atoms with E-state index in [1.807, 2.05) is 12.1 Å². The van der Waals surface area contributed by atoms with Gasteiger partial charge in [-0.25, -0.2) is 9.18 Å². The number of halogens is 1. The molecule has 0 fully saturated rings. The molecular weight excluding hydrogens is 231 g/mol. The summed E-state index contributed by atoms with van der Waals surface area (Å²) in [5.74, 6) is -1.17. The molecule has 0 radical (unpaired) electrons. The maximum absolute atomic E-state index is 12.7.